The van der Waals surface area contributed by atoms with E-state index < -0.39 is 0 Å². The monoisotopic (exact) mass is 156 g/mol. The van der Waals surface area contributed by atoms with Crippen LogP contribution in [0.25, 0.3) is 0 Å². The second-order valence-corrected chi connectivity index (χ2v) is 2.70. The van der Waals surface area contributed by atoms with Gasteiger partial charge >= 0.3 is 0 Å². The predicted molar refractivity (Wildman–Crippen MR) is 46.1 cm³/mol. The Morgan fingerprint density at radius 2 is 2.27 bits per heavy atom. The molecule has 11 heavy (non-hydrogen) atoms. The molecule has 64 valence electrons. The van der Waals surface area contributed by atoms with Gasteiger partial charge in [0.05, 0.1) is 6.54 Å². The maximum atomic E-state index is 5.67. The van der Waals surface area contributed by atoms with Gasteiger partial charge in [-0.1, -0.05) is 6.92 Å². The molecule has 1 heterocycles. The molecule has 0 spiro atoms. The summed E-state index contributed by atoms with van der Waals surface area (Å²) in [6.07, 6.45) is 1.15. The van der Waals surface area contributed by atoms with Crippen LogP contribution in [0, 0.1) is 0 Å². The molecule has 0 aromatic rings. The Bertz CT molecular complexity index is 153. The van der Waals surface area contributed by atoms with E-state index in [1.165, 1.54) is 0 Å². The van der Waals surface area contributed by atoms with Gasteiger partial charge in [0, 0.05) is 20.1 Å². The lowest BCUT2D eigenvalue weighted by atomic mass is 10.4. The van der Waals surface area contributed by atoms with Crippen molar-refractivity contribution in [3.8, 4) is 0 Å². The molecule has 0 aromatic carbocycles. The summed E-state index contributed by atoms with van der Waals surface area (Å²) >= 11 is 0. The fourth-order valence-electron chi connectivity index (χ4n) is 1.36. The first-order valence-electron chi connectivity index (χ1n) is 4.03. The van der Waals surface area contributed by atoms with E-state index in [9.17, 15) is 0 Å². The van der Waals surface area contributed by atoms with Gasteiger partial charge in [0.1, 0.15) is 0 Å². The molecule has 0 amide bonds. The zero-order chi connectivity index (χ0) is 8.27. The summed E-state index contributed by atoms with van der Waals surface area (Å²) in [6.45, 7) is 5.12. The standard InChI is InChI=1S/C7H16N4/c1-3-4-10-5-6-11(8)7(10)9-2/h3-6,8H2,1-2H3/b9-7+. The number of rotatable bonds is 2. The van der Waals surface area contributed by atoms with E-state index in [1.54, 1.807) is 12.1 Å². The van der Waals surface area contributed by atoms with E-state index in [0.29, 0.717) is 0 Å². The Hall–Kier alpha value is -0.770. The summed E-state index contributed by atoms with van der Waals surface area (Å²) in [5.41, 5.74) is 0. The third kappa shape index (κ3) is 1.63. The summed E-state index contributed by atoms with van der Waals surface area (Å²) in [4.78, 5) is 6.32. The second kappa shape index (κ2) is 3.57. The minimum absolute atomic E-state index is 0.896. The van der Waals surface area contributed by atoms with Crippen LogP contribution >= 0.6 is 0 Å². The van der Waals surface area contributed by atoms with Gasteiger partial charge in [0.2, 0.25) is 5.96 Å². The third-order valence-corrected chi connectivity index (χ3v) is 1.84. The normalized spacial score (nSPS) is 21.9. The van der Waals surface area contributed by atoms with Gasteiger partial charge in [-0.3, -0.25) is 10.0 Å². The largest absolute Gasteiger partial charge is 0.340 e. The number of guanidine groups is 1. The first-order valence-corrected chi connectivity index (χ1v) is 4.03. The maximum Gasteiger partial charge on any atom is 0.210 e. The summed E-state index contributed by atoms with van der Waals surface area (Å²) in [5, 5.41) is 1.70. The quantitative estimate of drug-likeness (QED) is 0.567. The number of nitrogens with zero attached hydrogens (tertiary/aromatic N) is 3. The van der Waals surface area contributed by atoms with Crippen LogP contribution < -0.4 is 5.84 Å². The molecule has 2 N–H and O–H groups in total. The molecule has 0 unspecified atom stereocenters. The summed E-state index contributed by atoms with van der Waals surface area (Å²) in [6, 6.07) is 0. The van der Waals surface area contributed by atoms with Crippen molar-refractivity contribution in [2.75, 3.05) is 26.7 Å². The molecule has 4 heteroatoms. The molecule has 4 nitrogen and oxygen atoms in total. The van der Waals surface area contributed by atoms with Crippen LogP contribution in [0.15, 0.2) is 4.99 Å². The summed E-state index contributed by atoms with van der Waals surface area (Å²) in [7, 11) is 1.78. The van der Waals surface area contributed by atoms with Crippen molar-refractivity contribution >= 4 is 5.96 Å². The molecule has 1 aliphatic rings. The highest BCUT2D eigenvalue weighted by Gasteiger charge is 2.21. The van der Waals surface area contributed by atoms with Crippen LogP contribution in [0.5, 0.6) is 0 Å². The lowest BCUT2D eigenvalue weighted by molar-refractivity contribution is 0.459. The first kappa shape index (κ1) is 8.33. The molecule has 0 radical (unpaired) electrons. The van der Waals surface area contributed by atoms with Crippen LogP contribution in [-0.2, 0) is 0 Å². The molecule has 0 aliphatic carbocycles. The van der Waals surface area contributed by atoms with Gasteiger partial charge in [0.15, 0.2) is 0 Å². The van der Waals surface area contributed by atoms with Gasteiger partial charge in [-0.2, -0.15) is 0 Å². The average Bonchev–Trinajstić information content (AvgIpc) is 2.33. The highest BCUT2D eigenvalue weighted by atomic mass is 15.6. The van der Waals surface area contributed by atoms with E-state index in [0.717, 1.165) is 32.0 Å². The van der Waals surface area contributed by atoms with E-state index in [4.69, 9.17) is 5.84 Å². The molecular weight excluding hydrogens is 140 g/mol. The lowest BCUT2D eigenvalue weighted by Crippen LogP contribution is -2.38. The van der Waals surface area contributed by atoms with Crippen molar-refractivity contribution in [1.29, 1.82) is 0 Å². The molecule has 0 bridgehead atoms. The maximum absolute atomic E-state index is 5.67. The molecule has 0 saturated carbocycles. The zero-order valence-corrected chi connectivity index (χ0v) is 7.25. The highest BCUT2D eigenvalue weighted by Crippen LogP contribution is 2.04. The summed E-state index contributed by atoms with van der Waals surface area (Å²) in [5.74, 6) is 6.59. The minimum atomic E-state index is 0.896. The number of nitrogens with two attached hydrogens (primary N) is 1. The van der Waals surface area contributed by atoms with Gasteiger partial charge in [-0.15, -0.1) is 0 Å². The lowest BCUT2D eigenvalue weighted by Gasteiger charge is -2.18. The van der Waals surface area contributed by atoms with Crippen molar-refractivity contribution in [3.63, 3.8) is 0 Å². The van der Waals surface area contributed by atoms with Crippen LogP contribution in [0.4, 0.5) is 0 Å². The first-order chi connectivity index (χ1) is 5.29. The smallest absolute Gasteiger partial charge is 0.210 e. The van der Waals surface area contributed by atoms with Crippen molar-refractivity contribution in [2.24, 2.45) is 10.8 Å². The van der Waals surface area contributed by atoms with E-state index >= 15 is 0 Å². The minimum Gasteiger partial charge on any atom is -0.340 e. The van der Waals surface area contributed by atoms with E-state index in [1.807, 2.05) is 0 Å². The SMILES string of the molecule is CCCN1CCN(N)/C1=N/C. The molecule has 1 fully saturated rings. The van der Waals surface area contributed by atoms with Crippen LogP contribution in [0.2, 0.25) is 0 Å². The Labute approximate surface area is 67.6 Å². The average molecular weight is 156 g/mol. The van der Waals surface area contributed by atoms with Crippen LogP contribution in [-0.4, -0.2) is 42.6 Å². The number of hydrogen-bond acceptors (Lipinski definition) is 2. The molecule has 0 atom stereocenters. The van der Waals surface area contributed by atoms with Gasteiger partial charge in [-0.05, 0) is 6.42 Å². The van der Waals surface area contributed by atoms with Crippen LogP contribution in [0.1, 0.15) is 13.3 Å². The van der Waals surface area contributed by atoms with Gasteiger partial charge < -0.3 is 4.90 Å². The molecule has 1 aliphatic heterocycles. The molecule has 1 rings (SSSR count). The van der Waals surface area contributed by atoms with Crippen molar-refractivity contribution in [3.05, 3.63) is 0 Å². The Balaban J connectivity index is 2.55. The number of hydrogen-bond donors (Lipinski definition) is 1. The van der Waals surface area contributed by atoms with E-state index in [-0.39, 0.29) is 0 Å². The Morgan fingerprint density at radius 3 is 2.82 bits per heavy atom. The zero-order valence-electron chi connectivity index (χ0n) is 7.25. The van der Waals surface area contributed by atoms with Crippen molar-refractivity contribution < 1.29 is 0 Å². The Morgan fingerprint density at radius 1 is 1.55 bits per heavy atom. The topological polar surface area (TPSA) is 44.9 Å². The van der Waals surface area contributed by atoms with Crippen molar-refractivity contribution in [2.45, 2.75) is 13.3 Å². The molecule has 1 saturated heterocycles. The second-order valence-electron chi connectivity index (χ2n) is 2.70. The van der Waals surface area contributed by atoms with Crippen molar-refractivity contribution in [1.82, 2.24) is 9.91 Å². The fraction of sp³-hybridized carbons (Fsp3) is 0.857. The number of hydrazine groups is 1. The summed E-state index contributed by atoms with van der Waals surface area (Å²) < 4.78 is 0. The third-order valence-electron chi connectivity index (χ3n) is 1.84. The van der Waals surface area contributed by atoms with E-state index in [2.05, 4.69) is 16.8 Å². The fourth-order valence-corrected chi connectivity index (χ4v) is 1.36. The van der Waals surface area contributed by atoms with Gasteiger partial charge in [-0.25, -0.2) is 5.84 Å². The number of aliphatic imine (C=N–C) groups is 1. The Kier molecular flexibility index (Phi) is 2.70. The molecular formula is C7H16N4. The van der Waals surface area contributed by atoms with Gasteiger partial charge in [0.25, 0.3) is 0 Å². The predicted octanol–water partition coefficient (Wildman–Crippen LogP) is -0.126. The highest BCUT2D eigenvalue weighted by molar-refractivity contribution is 5.81. The van der Waals surface area contributed by atoms with Crippen LogP contribution in [0.3, 0.4) is 0 Å². The molecule has 0 aromatic heterocycles.